The molecule has 1 amide bonds. The van der Waals surface area contributed by atoms with Crippen molar-refractivity contribution in [1.29, 1.82) is 0 Å². The Morgan fingerprint density at radius 1 is 1.47 bits per heavy atom. The number of ether oxygens (including phenoxy) is 1. The molecule has 0 saturated carbocycles. The predicted octanol–water partition coefficient (Wildman–Crippen LogP) is 1.52. The topological polar surface area (TPSA) is 58.6 Å². The first-order valence-electron chi connectivity index (χ1n) is 5.28. The van der Waals surface area contributed by atoms with Crippen molar-refractivity contribution in [3.63, 3.8) is 0 Å². The van der Waals surface area contributed by atoms with Crippen LogP contribution in [0.15, 0.2) is 24.3 Å². The third-order valence-electron chi connectivity index (χ3n) is 2.49. The summed E-state index contributed by atoms with van der Waals surface area (Å²) in [5, 5.41) is 12.6. The van der Waals surface area contributed by atoms with E-state index >= 15 is 0 Å². The van der Waals surface area contributed by atoms with Crippen LogP contribution in [-0.2, 0) is 9.53 Å². The van der Waals surface area contributed by atoms with Crippen LogP contribution in [0, 0.1) is 0 Å². The molecule has 2 unspecified atom stereocenters. The minimum atomic E-state index is -0.545. The number of carbonyl (C=O) groups excluding carboxylic acids is 1. The average molecular weight is 258 g/mol. The second-order valence-corrected chi connectivity index (χ2v) is 4.11. The minimum Gasteiger partial charge on any atom is -0.394 e. The summed E-state index contributed by atoms with van der Waals surface area (Å²) in [6, 6.07) is 6.51. The minimum absolute atomic E-state index is 0.177. The van der Waals surface area contributed by atoms with E-state index in [9.17, 15) is 9.90 Å². The predicted molar refractivity (Wildman–Crippen MR) is 65.9 cm³/mol. The maximum atomic E-state index is 11.6. The highest BCUT2D eigenvalue weighted by Gasteiger charge is 2.17. The van der Waals surface area contributed by atoms with Crippen LogP contribution < -0.4 is 5.32 Å². The molecule has 0 spiro atoms. The summed E-state index contributed by atoms with van der Waals surface area (Å²) >= 11 is 5.77. The van der Waals surface area contributed by atoms with E-state index in [1.807, 2.05) is 0 Å². The maximum Gasteiger partial charge on any atom is 0.249 e. The van der Waals surface area contributed by atoms with E-state index in [0.717, 1.165) is 5.56 Å². The number of aliphatic hydroxyl groups excluding tert-OH is 1. The third-order valence-corrected chi connectivity index (χ3v) is 2.75. The van der Waals surface area contributed by atoms with Gasteiger partial charge in [-0.2, -0.15) is 0 Å². The fraction of sp³-hybridized carbons (Fsp3) is 0.417. The van der Waals surface area contributed by atoms with Crippen molar-refractivity contribution in [2.45, 2.75) is 19.1 Å². The lowest BCUT2D eigenvalue weighted by Crippen LogP contribution is -2.37. The Bertz CT molecular complexity index is 367. The normalized spacial score (nSPS) is 14.1. The van der Waals surface area contributed by atoms with E-state index in [0.29, 0.717) is 5.02 Å². The van der Waals surface area contributed by atoms with Gasteiger partial charge in [-0.3, -0.25) is 4.79 Å². The van der Waals surface area contributed by atoms with E-state index in [1.165, 1.54) is 7.11 Å². The molecule has 0 saturated heterocycles. The van der Waals surface area contributed by atoms with Crippen molar-refractivity contribution < 1.29 is 14.6 Å². The number of methoxy groups -OCH3 is 1. The van der Waals surface area contributed by atoms with Crippen molar-refractivity contribution >= 4 is 17.5 Å². The van der Waals surface area contributed by atoms with Crippen LogP contribution in [0.2, 0.25) is 5.02 Å². The summed E-state index contributed by atoms with van der Waals surface area (Å²) in [7, 11) is 1.46. The van der Waals surface area contributed by atoms with Gasteiger partial charge in [0.15, 0.2) is 0 Å². The first-order valence-corrected chi connectivity index (χ1v) is 5.65. The van der Waals surface area contributed by atoms with Crippen molar-refractivity contribution in [1.82, 2.24) is 5.32 Å². The first-order chi connectivity index (χ1) is 8.08. The lowest BCUT2D eigenvalue weighted by molar-refractivity contribution is -0.131. The van der Waals surface area contributed by atoms with Gasteiger partial charge in [0.05, 0.1) is 12.6 Å². The monoisotopic (exact) mass is 257 g/mol. The zero-order valence-corrected chi connectivity index (χ0v) is 10.6. The fourth-order valence-electron chi connectivity index (χ4n) is 1.33. The number of rotatable bonds is 5. The molecular weight excluding hydrogens is 242 g/mol. The zero-order valence-electron chi connectivity index (χ0n) is 9.81. The van der Waals surface area contributed by atoms with Gasteiger partial charge in [0.2, 0.25) is 5.91 Å². The number of nitrogens with one attached hydrogen (secondary N) is 1. The zero-order chi connectivity index (χ0) is 12.8. The Morgan fingerprint density at radius 3 is 2.53 bits per heavy atom. The lowest BCUT2D eigenvalue weighted by atomic mass is 10.1. The van der Waals surface area contributed by atoms with Gasteiger partial charge >= 0.3 is 0 Å². The number of carbonyl (C=O) groups is 1. The summed E-state index contributed by atoms with van der Waals surface area (Å²) in [5.41, 5.74) is 0.800. The molecule has 5 heteroatoms. The van der Waals surface area contributed by atoms with Gasteiger partial charge < -0.3 is 15.2 Å². The van der Waals surface area contributed by atoms with Crippen LogP contribution in [0.3, 0.4) is 0 Å². The number of hydrogen-bond donors (Lipinski definition) is 2. The number of halogens is 1. The molecule has 2 N–H and O–H groups in total. The Kier molecular flexibility index (Phi) is 5.41. The van der Waals surface area contributed by atoms with E-state index in [1.54, 1.807) is 31.2 Å². The molecule has 0 fully saturated rings. The highest BCUT2D eigenvalue weighted by molar-refractivity contribution is 6.30. The number of hydrogen-bond acceptors (Lipinski definition) is 3. The van der Waals surface area contributed by atoms with Gasteiger partial charge in [-0.1, -0.05) is 23.7 Å². The van der Waals surface area contributed by atoms with E-state index in [-0.39, 0.29) is 12.5 Å². The molecule has 2 atom stereocenters. The Hall–Kier alpha value is -1.10. The highest BCUT2D eigenvalue weighted by Crippen LogP contribution is 2.16. The first kappa shape index (κ1) is 14.0. The van der Waals surface area contributed by atoms with Gasteiger partial charge in [0.25, 0.3) is 0 Å². The van der Waals surface area contributed by atoms with Crippen LogP contribution in [-0.4, -0.2) is 30.8 Å². The summed E-state index contributed by atoms with van der Waals surface area (Å²) in [6.45, 7) is 1.47. The second-order valence-electron chi connectivity index (χ2n) is 3.67. The van der Waals surface area contributed by atoms with Crippen LogP contribution in [0.25, 0.3) is 0 Å². The van der Waals surface area contributed by atoms with Gasteiger partial charge in [-0.25, -0.2) is 0 Å². The lowest BCUT2D eigenvalue weighted by Gasteiger charge is -2.19. The summed E-state index contributed by atoms with van der Waals surface area (Å²) in [6.07, 6.45) is -0.545. The molecule has 0 heterocycles. The largest absolute Gasteiger partial charge is 0.394 e. The molecule has 0 bridgehead atoms. The van der Waals surface area contributed by atoms with E-state index < -0.39 is 12.1 Å². The second kappa shape index (κ2) is 6.59. The molecule has 0 radical (unpaired) electrons. The highest BCUT2D eigenvalue weighted by atomic mass is 35.5. The van der Waals surface area contributed by atoms with Gasteiger partial charge in [-0.05, 0) is 24.6 Å². The molecule has 4 nitrogen and oxygen atoms in total. The SMILES string of the molecule is COC(C)C(=O)NC(CO)c1ccc(Cl)cc1. The summed E-state index contributed by atoms with van der Waals surface area (Å²) in [4.78, 5) is 11.6. The Morgan fingerprint density at radius 2 is 2.06 bits per heavy atom. The molecule has 1 rings (SSSR count). The Balaban J connectivity index is 2.72. The molecule has 0 aromatic heterocycles. The van der Waals surface area contributed by atoms with Gasteiger partial charge in [0.1, 0.15) is 6.10 Å². The average Bonchev–Trinajstić information content (AvgIpc) is 2.35. The summed E-state index contributed by atoms with van der Waals surface area (Å²) < 4.78 is 4.90. The molecule has 0 aliphatic rings. The van der Waals surface area contributed by atoms with Crippen LogP contribution in [0.1, 0.15) is 18.5 Å². The fourth-order valence-corrected chi connectivity index (χ4v) is 1.45. The maximum absolute atomic E-state index is 11.6. The van der Waals surface area contributed by atoms with E-state index in [2.05, 4.69) is 5.32 Å². The number of benzene rings is 1. The molecule has 17 heavy (non-hydrogen) atoms. The van der Waals surface area contributed by atoms with E-state index in [4.69, 9.17) is 16.3 Å². The van der Waals surface area contributed by atoms with Crippen molar-refractivity contribution in [2.24, 2.45) is 0 Å². The molecular formula is C12H16ClNO3. The van der Waals surface area contributed by atoms with Crippen molar-refractivity contribution in [3.05, 3.63) is 34.9 Å². The van der Waals surface area contributed by atoms with Crippen LogP contribution in [0.4, 0.5) is 0 Å². The van der Waals surface area contributed by atoms with Crippen molar-refractivity contribution in [2.75, 3.05) is 13.7 Å². The quantitative estimate of drug-likeness (QED) is 0.841. The standard InChI is InChI=1S/C12H16ClNO3/c1-8(17-2)12(16)14-11(7-15)9-3-5-10(13)6-4-9/h3-6,8,11,15H,7H2,1-2H3,(H,14,16). The molecule has 1 aromatic rings. The van der Waals surface area contributed by atoms with Crippen LogP contribution in [0.5, 0.6) is 0 Å². The molecule has 0 aliphatic carbocycles. The number of amides is 1. The summed E-state index contributed by atoms with van der Waals surface area (Å²) in [5.74, 6) is -0.262. The van der Waals surface area contributed by atoms with Gasteiger partial charge in [-0.15, -0.1) is 0 Å². The van der Waals surface area contributed by atoms with Crippen molar-refractivity contribution in [3.8, 4) is 0 Å². The van der Waals surface area contributed by atoms with Gasteiger partial charge in [0, 0.05) is 12.1 Å². The molecule has 0 aliphatic heterocycles. The smallest absolute Gasteiger partial charge is 0.249 e. The molecule has 1 aromatic carbocycles. The number of aliphatic hydroxyl groups is 1. The van der Waals surface area contributed by atoms with Crippen LogP contribution >= 0.6 is 11.6 Å². The Labute approximate surface area is 106 Å². The third kappa shape index (κ3) is 4.00. The molecule has 94 valence electrons.